The minimum absolute atomic E-state index is 0.577. The van der Waals surface area contributed by atoms with E-state index < -0.39 is 0 Å². The lowest BCUT2D eigenvalue weighted by Gasteiger charge is -2.02. The Bertz CT molecular complexity index is 510. The minimum atomic E-state index is 0.577. The topological polar surface area (TPSA) is 42.8 Å². The van der Waals surface area contributed by atoms with Crippen LogP contribution in [0.2, 0.25) is 0 Å². The highest BCUT2D eigenvalue weighted by molar-refractivity contribution is 9.11. The van der Waals surface area contributed by atoms with Crippen LogP contribution in [0.1, 0.15) is 16.9 Å². The van der Waals surface area contributed by atoms with Crippen molar-refractivity contribution in [3.8, 4) is 0 Å². The second-order valence-electron chi connectivity index (χ2n) is 3.93. The third-order valence-electron chi connectivity index (χ3n) is 2.58. The summed E-state index contributed by atoms with van der Waals surface area (Å²) in [4.78, 5) is 5.41. The SMILES string of the molecule is Cc1cc(CCC[n+]2cccnc2N)c(Br)s1. The molecule has 0 atom stereocenters. The zero-order chi connectivity index (χ0) is 12.3. The number of rotatable bonds is 4. The molecule has 0 radical (unpaired) electrons. The van der Waals surface area contributed by atoms with E-state index in [2.05, 4.69) is 33.9 Å². The summed E-state index contributed by atoms with van der Waals surface area (Å²) in [6.45, 7) is 3.04. The van der Waals surface area contributed by atoms with Crippen molar-refractivity contribution in [2.24, 2.45) is 0 Å². The number of hydrogen-bond donors (Lipinski definition) is 1. The van der Waals surface area contributed by atoms with Gasteiger partial charge >= 0.3 is 5.95 Å². The fourth-order valence-corrected chi connectivity index (χ4v) is 3.60. The molecule has 3 nitrogen and oxygen atoms in total. The van der Waals surface area contributed by atoms with Gasteiger partial charge in [-0.15, -0.1) is 11.3 Å². The van der Waals surface area contributed by atoms with Crippen molar-refractivity contribution in [1.29, 1.82) is 0 Å². The van der Waals surface area contributed by atoms with Gasteiger partial charge < -0.3 is 0 Å². The van der Waals surface area contributed by atoms with Crippen molar-refractivity contribution in [3.05, 3.63) is 38.8 Å². The number of hydrogen-bond acceptors (Lipinski definition) is 3. The zero-order valence-corrected chi connectivity index (χ0v) is 12.1. The van der Waals surface area contributed by atoms with Crippen molar-refractivity contribution < 1.29 is 4.57 Å². The Kier molecular flexibility index (Phi) is 4.12. The standard InChI is InChI=1S/C12H14BrN3S/c1-9-8-10(11(13)17-9)4-2-6-16-7-3-5-15-12(16)14/h3,5,7-8,14H,2,4,6H2,1H3/p+1. The van der Waals surface area contributed by atoms with Crippen LogP contribution in [0.25, 0.3) is 0 Å². The molecule has 0 saturated heterocycles. The maximum absolute atomic E-state index is 5.78. The van der Waals surface area contributed by atoms with E-state index >= 15 is 0 Å². The normalized spacial score (nSPS) is 10.7. The predicted molar refractivity (Wildman–Crippen MR) is 73.9 cm³/mol. The Morgan fingerprint density at radius 3 is 3.00 bits per heavy atom. The van der Waals surface area contributed by atoms with E-state index in [1.165, 1.54) is 14.2 Å². The maximum Gasteiger partial charge on any atom is 0.389 e. The molecule has 2 rings (SSSR count). The molecule has 90 valence electrons. The highest BCUT2D eigenvalue weighted by atomic mass is 79.9. The van der Waals surface area contributed by atoms with Gasteiger partial charge in [-0.05, 0) is 47.3 Å². The average molecular weight is 313 g/mol. The van der Waals surface area contributed by atoms with Gasteiger partial charge in [-0.1, -0.05) is 4.98 Å². The molecular weight excluding hydrogens is 298 g/mol. The van der Waals surface area contributed by atoms with E-state index in [0.29, 0.717) is 5.95 Å². The van der Waals surface area contributed by atoms with Gasteiger partial charge in [0.05, 0.1) is 16.5 Å². The van der Waals surface area contributed by atoms with Crippen molar-refractivity contribution >= 4 is 33.2 Å². The Hall–Kier alpha value is -0.940. The van der Waals surface area contributed by atoms with Crippen LogP contribution in [0.5, 0.6) is 0 Å². The van der Waals surface area contributed by atoms with Crippen LogP contribution in [-0.2, 0) is 13.0 Å². The van der Waals surface area contributed by atoms with Crippen LogP contribution >= 0.6 is 27.3 Å². The Morgan fingerprint density at radius 1 is 1.53 bits per heavy atom. The smallest absolute Gasteiger partial charge is 0.287 e. The number of halogens is 1. The van der Waals surface area contributed by atoms with Gasteiger partial charge in [0, 0.05) is 10.9 Å². The van der Waals surface area contributed by atoms with Gasteiger partial charge in [0.2, 0.25) is 0 Å². The van der Waals surface area contributed by atoms with Gasteiger partial charge in [0.1, 0.15) is 6.20 Å². The van der Waals surface area contributed by atoms with Crippen LogP contribution < -0.4 is 10.3 Å². The van der Waals surface area contributed by atoms with Crippen molar-refractivity contribution in [2.45, 2.75) is 26.3 Å². The first-order chi connectivity index (χ1) is 8.16. The molecule has 0 spiro atoms. The lowest BCUT2D eigenvalue weighted by atomic mass is 10.2. The van der Waals surface area contributed by atoms with Gasteiger partial charge in [-0.3, -0.25) is 5.73 Å². The largest absolute Gasteiger partial charge is 0.389 e. The van der Waals surface area contributed by atoms with Crippen LogP contribution in [-0.4, -0.2) is 4.98 Å². The molecule has 0 bridgehead atoms. The number of anilines is 1. The average Bonchev–Trinajstić information content (AvgIpc) is 2.60. The van der Waals surface area contributed by atoms with Gasteiger partial charge in [0.15, 0.2) is 0 Å². The van der Waals surface area contributed by atoms with Gasteiger partial charge in [0.25, 0.3) is 0 Å². The van der Waals surface area contributed by atoms with E-state index in [0.717, 1.165) is 19.4 Å². The number of aryl methyl sites for hydroxylation is 3. The van der Waals surface area contributed by atoms with Crippen molar-refractivity contribution in [1.82, 2.24) is 4.98 Å². The van der Waals surface area contributed by atoms with Gasteiger partial charge in [-0.25, -0.2) is 4.57 Å². The van der Waals surface area contributed by atoms with Crippen molar-refractivity contribution in [2.75, 3.05) is 5.73 Å². The molecule has 5 heteroatoms. The minimum Gasteiger partial charge on any atom is -0.287 e. The second kappa shape index (κ2) is 5.60. The third-order valence-corrected chi connectivity index (χ3v) is 4.45. The Labute approximate surface area is 113 Å². The number of nitrogen functional groups attached to an aromatic ring is 1. The molecule has 0 aliphatic carbocycles. The number of nitrogens with two attached hydrogens (primary N) is 1. The monoisotopic (exact) mass is 312 g/mol. The Morgan fingerprint density at radius 2 is 2.35 bits per heavy atom. The first kappa shape index (κ1) is 12.5. The predicted octanol–water partition coefficient (Wildman–Crippen LogP) is 2.72. The van der Waals surface area contributed by atoms with Crippen LogP contribution in [0.4, 0.5) is 5.95 Å². The molecule has 2 aromatic heterocycles. The fraction of sp³-hybridized carbons (Fsp3) is 0.333. The molecule has 0 aliphatic rings. The van der Waals surface area contributed by atoms with Gasteiger partial charge in [-0.2, -0.15) is 0 Å². The van der Waals surface area contributed by atoms with E-state index in [4.69, 9.17) is 5.73 Å². The summed E-state index contributed by atoms with van der Waals surface area (Å²) < 4.78 is 3.23. The first-order valence-electron chi connectivity index (χ1n) is 5.51. The number of aromatic nitrogens is 2. The van der Waals surface area contributed by atoms with E-state index in [9.17, 15) is 0 Å². The highest BCUT2D eigenvalue weighted by Gasteiger charge is 2.07. The maximum atomic E-state index is 5.78. The van der Waals surface area contributed by atoms with E-state index in [1.54, 1.807) is 17.5 Å². The lowest BCUT2D eigenvalue weighted by Crippen LogP contribution is -2.37. The third kappa shape index (κ3) is 3.26. The fourth-order valence-electron chi connectivity index (χ4n) is 1.75. The molecule has 0 saturated carbocycles. The second-order valence-corrected chi connectivity index (χ2v) is 6.51. The molecule has 0 amide bonds. The van der Waals surface area contributed by atoms with Crippen LogP contribution in [0.15, 0.2) is 28.3 Å². The highest BCUT2D eigenvalue weighted by Crippen LogP contribution is 2.28. The lowest BCUT2D eigenvalue weighted by molar-refractivity contribution is -0.685. The molecular formula is C12H15BrN3S+. The number of thiophene rings is 1. The molecule has 2 heterocycles. The van der Waals surface area contributed by atoms with Crippen LogP contribution in [0, 0.1) is 6.92 Å². The summed E-state index contributed by atoms with van der Waals surface area (Å²) in [7, 11) is 0. The van der Waals surface area contributed by atoms with Crippen LogP contribution in [0.3, 0.4) is 0 Å². The summed E-state index contributed by atoms with van der Waals surface area (Å²) in [6, 6.07) is 4.15. The summed E-state index contributed by atoms with van der Waals surface area (Å²) in [5, 5.41) is 0. The molecule has 17 heavy (non-hydrogen) atoms. The van der Waals surface area contributed by atoms with E-state index in [-0.39, 0.29) is 0 Å². The molecule has 0 aromatic carbocycles. The molecule has 0 unspecified atom stereocenters. The van der Waals surface area contributed by atoms with Crippen molar-refractivity contribution in [3.63, 3.8) is 0 Å². The number of nitrogens with zero attached hydrogens (tertiary/aromatic N) is 2. The first-order valence-corrected chi connectivity index (χ1v) is 7.12. The summed E-state index contributed by atoms with van der Waals surface area (Å²) in [6.07, 6.45) is 5.81. The Balaban J connectivity index is 1.92. The summed E-state index contributed by atoms with van der Waals surface area (Å²) >= 11 is 5.38. The molecule has 0 fully saturated rings. The molecule has 0 aliphatic heterocycles. The molecule has 2 aromatic rings. The molecule has 2 N–H and O–H groups in total. The van der Waals surface area contributed by atoms with E-state index in [1.807, 2.05) is 16.8 Å². The summed E-state index contributed by atoms with van der Waals surface area (Å²) in [5.74, 6) is 0.577. The zero-order valence-electron chi connectivity index (χ0n) is 9.69. The summed E-state index contributed by atoms with van der Waals surface area (Å²) in [5.41, 5.74) is 7.16. The quantitative estimate of drug-likeness (QED) is 0.882.